The number of nitrogens with two attached hydrogens (primary N) is 1. The van der Waals surface area contributed by atoms with Crippen LogP contribution in [0.1, 0.15) is 10.4 Å². The maximum atomic E-state index is 14.6. The fourth-order valence-electron chi connectivity index (χ4n) is 3.43. The van der Waals surface area contributed by atoms with Gasteiger partial charge < -0.3 is 10.1 Å². The van der Waals surface area contributed by atoms with Crippen molar-refractivity contribution in [2.45, 2.75) is 0 Å². The molecule has 2 heterocycles. The largest absolute Gasteiger partial charge is 0.366 e. The van der Waals surface area contributed by atoms with Gasteiger partial charge in [0.15, 0.2) is 5.43 Å². The Bertz CT molecular complexity index is 1380. The maximum Gasteiger partial charge on any atom is 0.250 e. The van der Waals surface area contributed by atoms with E-state index in [4.69, 9.17) is 5.73 Å². The number of benzene rings is 2. The van der Waals surface area contributed by atoms with Crippen LogP contribution in [0.4, 0.5) is 17.6 Å². The van der Waals surface area contributed by atoms with Gasteiger partial charge in [0.2, 0.25) is 0 Å². The van der Waals surface area contributed by atoms with Gasteiger partial charge in [0.05, 0.1) is 27.9 Å². The summed E-state index contributed by atoms with van der Waals surface area (Å²) >= 11 is 0. The van der Waals surface area contributed by atoms with Crippen molar-refractivity contribution < 1.29 is 22.4 Å². The highest BCUT2D eigenvalue weighted by molar-refractivity contribution is 6.00. The van der Waals surface area contributed by atoms with Gasteiger partial charge >= 0.3 is 0 Å². The van der Waals surface area contributed by atoms with Crippen LogP contribution >= 0.6 is 0 Å². The third kappa shape index (κ3) is 3.02. The molecule has 2 aromatic heterocycles. The molecule has 0 aliphatic carbocycles. The second-order valence-electron chi connectivity index (χ2n) is 6.49. The second kappa shape index (κ2) is 7.14. The van der Waals surface area contributed by atoms with Crippen molar-refractivity contribution in [3.05, 3.63) is 99.8 Å². The van der Waals surface area contributed by atoms with Gasteiger partial charge in [0, 0.05) is 23.9 Å². The average Bonchev–Trinajstić information content (AvgIpc) is 2.68. The Kier molecular flexibility index (Phi) is 4.62. The molecule has 150 valence electrons. The van der Waals surface area contributed by atoms with Crippen LogP contribution < -0.4 is 11.2 Å². The zero-order chi connectivity index (χ0) is 21.6. The van der Waals surface area contributed by atoms with Crippen molar-refractivity contribution in [2.24, 2.45) is 5.73 Å². The van der Waals surface area contributed by atoms with Crippen LogP contribution in [-0.2, 0) is 0 Å². The van der Waals surface area contributed by atoms with E-state index < -0.39 is 40.2 Å². The molecule has 0 unspecified atom stereocenters. The molecule has 0 saturated heterocycles. The lowest BCUT2D eigenvalue weighted by atomic mass is 9.99. The fraction of sp³-hybridized carbons (Fsp3) is 0. The molecule has 0 radical (unpaired) electrons. The van der Waals surface area contributed by atoms with Gasteiger partial charge in [-0.3, -0.25) is 9.59 Å². The Morgan fingerprint density at radius 2 is 1.53 bits per heavy atom. The number of fused-ring (bicyclic) bond motifs is 1. The Morgan fingerprint density at radius 1 is 0.833 bits per heavy atom. The number of hydrogen-bond donors (Lipinski definition) is 1. The summed E-state index contributed by atoms with van der Waals surface area (Å²) in [5, 5.41) is 0. The summed E-state index contributed by atoms with van der Waals surface area (Å²) in [7, 11) is 0. The lowest BCUT2D eigenvalue weighted by Crippen LogP contribution is -2.17. The SMILES string of the molecule is NC(=O)c1ccc2c(-c3c(F)cccc3F)c(=O)ccn2c1-c1ccc(F)cc1F. The molecule has 0 atom stereocenters. The van der Waals surface area contributed by atoms with Crippen molar-refractivity contribution in [1.29, 1.82) is 0 Å². The molecule has 1 amide bonds. The summed E-state index contributed by atoms with van der Waals surface area (Å²) in [5.41, 5.74) is 3.48. The first-order valence-corrected chi connectivity index (χ1v) is 8.67. The molecule has 0 bridgehead atoms. The molecule has 0 aliphatic heterocycles. The Morgan fingerprint density at radius 3 is 2.17 bits per heavy atom. The van der Waals surface area contributed by atoms with E-state index in [1.165, 1.54) is 22.7 Å². The van der Waals surface area contributed by atoms with Crippen molar-refractivity contribution in [3.63, 3.8) is 0 Å². The van der Waals surface area contributed by atoms with Crippen LogP contribution in [0.3, 0.4) is 0 Å². The zero-order valence-corrected chi connectivity index (χ0v) is 15.1. The molecule has 0 aliphatic rings. The van der Waals surface area contributed by atoms with E-state index in [1.807, 2.05) is 0 Å². The lowest BCUT2D eigenvalue weighted by molar-refractivity contribution is 0.100. The van der Waals surface area contributed by atoms with Gasteiger partial charge in [-0.15, -0.1) is 0 Å². The van der Waals surface area contributed by atoms with Gasteiger partial charge in [-0.25, -0.2) is 17.6 Å². The number of rotatable bonds is 3. The van der Waals surface area contributed by atoms with Crippen LogP contribution in [0.5, 0.6) is 0 Å². The van der Waals surface area contributed by atoms with Gasteiger partial charge in [-0.05, 0) is 36.4 Å². The van der Waals surface area contributed by atoms with E-state index in [0.717, 1.165) is 36.4 Å². The number of nitrogens with zero attached hydrogens (tertiary/aromatic N) is 1. The minimum atomic E-state index is -0.984. The minimum Gasteiger partial charge on any atom is -0.366 e. The summed E-state index contributed by atoms with van der Waals surface area (Å²) in [6.45, 7) is 0. The number of carbonyl (C=O) groups excluding carboxylic acids is 1. The summed E-state index contributed by atoms with van der Waals surface area (Å²) in [5.74, 6) is -4.66. The van der Waals surface area contributed by atoms with Crippen molar-refractivity contribution in [1.82, 2.24) is 4.40 Å². The molecule has 4 nitrogen and oxygen atoms in total. The highest BCUT2D eigenvalue weighted by atomic mass is 19.1. The first-order valence-electron chi connectivity index (χ1n) is 8.67. The highest BCUT2D eigenvalue weighted by Crippen LogP contribution is 2.32. The number of pyridine rings is 2. The lowest BCUT2D eigenvalue weighted by Gasteiger charge is -2.17. The molecule has 4 aromatic rings. The molecule has 2 N–H and O–H groups in total. The first-order chi connectivity index (χ1) is 14.3. The summed E-state index contributed by atoms with van der Waals surface area (Å²) in [6, 6.07) is 9.41. The monoisotopic (exact) mass is 412 g/mol. The average molecular weight is 412 g/mol. The smallest absolute Gasteiger partial charge is 0.250 e. The topological polar surface area (TPSA) is 64.6 Å². The second-order valence-corrected chi connectivity index (χ2v) is 6.49. The van der Waals surface area contributed by atoms with E-state index in [9.17, 15) is 27.2 Å². The molecular weight excluding hydrogens is 400 g/mol. The number of halogens is 4. The minimum absolute atomic E-state index is 0.00947. The third-order valence-electron chi connectivity index (χ3n) is 4.71. The van der Waals surface area contributed by atoms with Crippen LogP contribution in [-0.4, -0.2) is 10.3 Å². The summed E-state index contributed by atoms with van der Waals surface area (Å²) in [6.07, 6.45) is 1.23. The van der Waals surface area contributed by atoms with Gasteiger partial charge in [-0.2, -0.15) is 0 Å². The molecular formula is C22H12F4N2O2. The molecule has 8 heteroatoms. The van der Waals surface area contributed by atoms with E-state index in [2.05, 4.69) is 0 Å². The molecule has 2 aromatic carbocycles. The van der Waals surface area contributed by atoms with Crippen molar-refractivity contribution >= 4 is 11.4 Å². The van der Waals surface area contributed by atoms with Crippen molar-refractivity contribution in [2.75, 3.05) is 0 Å². The van der Waals surface area contributed by atoms with Crippen LogP contribution in [0, 0.1) is 23.3 Å². The number of hydrogen-bond acceptors (Lipinski definition) is 2. The fourth-order valence-corrected chi connectivity index (χ4v) is 3.43. The molecule has 4 rings (SSSR count). The number of aromatic nitrogens is 1. The summed E-state index contributed by atoms with van der Waals surface area (Å²) in [4.78, 5) is 24.5. The first kappa shape index (κ1) is 19.4. The number of primary amides is 1. The predicted molar refractivity (Wildman–Crippen MR) is 103 cm³/mol. The third-order valence-corrected chi connectivity index (χ3v) is 4.71. The van der Waals surface area contributed by atoms with E-state index in [-0.39, 0.29) is 27.9 Å². The number of amides is 1. The maximum absolute atomic E-state index is 14.6. The number of carbonyl (C=O) groups is 1. The van der Waals surface area contributed by atoms with Gasteiger partial charge in [-0.1, -0.05) is 6.07 Å². The van der Waals surface area contributed by atoms with Gasteiger partial charge in [0.25, 0.3) is 5.91 Å². The van der Waals surface area contributed by atoms with E-state index >= 15 is 0 Å². The summed E-state index contributed by atoms with van der Waals surface area (Å²) < 4.78 is 58.0. The Balaban J connectivity index is 2.19. The van der Waals surface area contributed by atoms with Crippen LogP contribution in [0.15, 0.2) is 65.6 Å². The molecule has 0 saturated carbocycles. The quantitative estimate of drug-likeness (QED) is 0.511. The molecule has 0 spiro atoms. The van der Waals surface area contributed by atoms with Crippen LogP contribution in [0.25, 0.3) is 27.9 Å². The molecule has 0 fully saturated rings. The zero-order valence-electron chi connectivity index (χ0n) is 15.1. The van der Waals surface area contributed by atoms with Gasteiger partial charge in [0.1, 0.15) is 23.3 Å². The normalized spacial score (nSPS) is 11.1. The van der Waals surface area contributed by atoms with E-state index in [0.29, 0.717) is 6.07 Å². The predicted octanol–water partition coefficient (Wildman–Crippen LogP) is 4.29. The Labute approximate surface area is 166 Å². The highest BCUT2D eigenvalue weighted by Gasteiger charge is 2.22. The van der Waals surface area contributed by atoms with Crippen LogP contribution in [0.2, 0.25) is 0 Å². The standard InChI is InChI=1S/C22H12F4N2O2/c23-11-4-5-12(16(26)10-11)21-13(22(27)30)6-7-17-20(18(29)8-9-28(17)21)19-14(24)2-1-3-15(19)25/h1-10H,(H2,27,30). The Hall–Kier alpha value is -3.94. The van der Waals surface area contributed by atoms with Crippen molar-refractivity contribution in [3.8, 4) is 22.4 Å². The molecule has 30 heavy (non-hydrogen) atoms. The van der Waals surface area contributed by atoms with E-state index in [1.54, 1.807) is 0 Å².